The van der Waals surface area contributed by atoms with Crippen LogP contribution in [0.2, 0.25) is 5.02 Å². The van der Waals surface area contributed by atoms with Crippen molar-refractivity contribution in [3.63, 3.8) is 0 Å². The highest BCUT2D eigenvalue weighted by Gasteiger charge is 2.08. The van der Waals surface area contributed by atoms with E-state index in [1.165, 1.54) is 5.56 Å². The molecule has 0 unspecified atom stereocenters. The molecule has 0 aliphatic heterocycles. The molecule has 2 nitrogen and oxygen atoms in total. The number of halogens is 2. The number of hydrogen-bond donors (Lipinski definition) is 1. The second kappa shape index (κ2) is 7.11. The molecule has 0 amide bonds. The molecule has 0 aliphatic rings. The minimum atomic E-state index is 0.220. The quantitative estimate of drug-likeness (QED) is 0.819. The molecule has 0 saturated heterocycles. The fourth-order valence-corrected chi connectivity index (χ4v) is 2.65. The molecule has 4 heteroatoms. The molecule has 0 aromatic heterocycles. The lowest BCUT2D eigenvalue weighted by atomic mass is 10.1. The highest BCUT2D eigenvalue weighted by atomic mass is 79.9. The third kappa shape index (κ3) is 3.98. The average molecular weight is 355 g/mol. The monoisotopic (exact) mass is 353 g/mol. The fraction of sp³-hybridized carbons (Fsp3) is 0.250. The summed E-state index contributed by atoms with van der Waals surface area (Å²) in [6.45, 7) is 2.85. The van der Waals surface area contributed by atoms with Crippen molar-refractivity contribution in [2.75, 3.05) is 7.11 Å². The molecule has 20 heavy (non-hydrogen) atoms. The SMILES string of the molecule is COc1ccc(Br)cc1CN[C@@H](C)c1cccc(Cl)c1. The molecule has 0 aliphatic carbocycles. The first-order chi connectivity index (χ1) is 9.60. The van der Waals surface area contributed by atoms with Crippen molar-refractivity contribution >= 4 is 27.5 Å². The van der Waals surface area contributed by atoms with Crippen LogP contribution in [0.1, 0.15) is 24.1 Å². The summed E-state index contributed by atoms with van der Waals surface area (Å²) in [5.41, 5.74) is 2.29. The van der Waals surface area contributed by atoms with E-state index >= 15 is 0 Å². The number of hydrogen-bond acceptors (Lipinski definition) is 2. The molecule has 0 fully saturated rings. The van der Waals surface area contributed by atoms with E-state index < -0.39 is 0 Å². The number of nitrogens with one attached hydrogen (secondary N) is 1. The molecular weight excluding hydrogens is 338 g/mol. The van der Waals surface area contributed by atoms with Gasteiger partial charge < -0.3 is 10.1 Å². The van der Waals surface area contributed by atoms with Crippen LogP contribution in [0.4, 0.5) is 0 Å². The van der Waals surface area contributed by atoms with Crippen molar-refractivity contribution < 1.29 is 4.74 Å². The van der Waals surface area contributed by atoms with Gasteiger partial charge in [-0.05, 0) is 42.8 Å². The minimum absolute atomic E-state index is 0.220. The van der Waals surface area contributed by atoms with Gasteiger partial charge in [-0.1, -0.05) is 39.7 Å². The molecule has 1 atom stereocenters. The molecule has 2 rings (SSSR count). The van der Waals surface area contributed by atoms with E-state index in [-0.39, 0.29) is 6.04 Å². The van der Waals surface area contributed by atoms with Crippen LogP contribution >= 0.6 is 27.5 Å². The van der Waals surface area contributed by atoms with E-state index in [9.17, 15) is 0 Å². The first-order valence-corrected chi connectivity index (χ1v) is 7.58. The Balaban J connectivity index is 2.06. The first kappa shape index (κ1) is 15.4. The molecule has 0 saturated carbocycles. The third-order valence-electron chi connectivity index (χ3n) is 3.19. The standard InChI is InChI=1S/C16H17BrClNO/c1-11(12-4-3-5-15(18)9-12)19-10-13-8-14(17)6-7-16(13)20-2/h3-9,11,19H,10H2,1-2H3/t11-/m0/s1. The summed E-state index contributed by atoms with van der Waals surface area (Å²) in [4.78, 5) is 0. The van der Waals surface area contributed by atoms with E-state index in [0.29, 0.717) is 0 Å². The van der Waals surface area contributed by atoms with Gasteiger partial charge in [0.05, 0.1) is 7.11 Å². The molecular formula is C16H17BrClNO. The summed E-state index contributed by atoms with van der Waals surface area (Å²) in [5.74, 6) is 0.888. The summed E-state index contributed by atoms with van der Waals surface area (Å²) < 4.78 is 6.42. The Morgan fingerprint density at radius 3 is 2.75 bits per heavy atom. The van der Waals surface area contributed by atoms with E-state index in [4.69, 9.17) is 16.3 Å². The van der Waals surface area contributed by atoms with E-state index in [1.807, 2.05) is 30.3 Å². The van der Waals surface area contributed by atoms with Crippen LogP contribution in [0.5, 0.6) is 5.75 Å². The number of benzene rings is 2. The summed E-state index contributed by atoms with van der Waals surface area (Å²) in [7, 11) is 1.69. The maximum absolute atomic E-state index is 6.02. The van der Waals surface area contributed by atoms with Crippen LogP contribution in [0.3, 0.4) is 0 Å². The van der Waals surface area contributed by atoms with E-state index in [1.54, 1.807) is 7.11 Å². The van der Waals surface area contributed by atoms with Crippen LogP contribution < -0.4 is 10.1 Å². The van der Waals surface area contributed by atoms with Crippen molar-refractivity contribution in [1.82, 2.24) is 5.32 Å². The number of rotatable bonds is 5. The molecule has 0 bridgehead atoms. The molecule has 0 heterocycles. The molecule has 2 aromatic carbocycles. The molecule has 1 N–H and O–H groups in total. The van der Waals surface area contributed by atoms with Crippen molar-refractivity contribution in [3.05, 3.63) is 63.1 Å². The first-order valence-electron chi connectivity index (χ1n) is 6.41. The average Bonchev–Trinajstić information content (AvgIpc) is 2.45. The zero-order chi connectivity index (χ0) is 14.5. The zero-order valence-electron chi connectivity index (χ0n) is 11.5. The second-order valence-electron chi connectivity index (χ2n) is 4.61. The van der Waals surface area contributed by atoms with Crippen LogP contribution in [-0.4, -0.2) is 7.11 Å². The molecule has 2 aromatic rings. The van der Waals surface area contributed by atoms with Crippen LogP contribution in [0, 0.1) is 0 Å². The van der Waals surface area contributed by atoms with Gasteiger partial charge in [0.25, 0.3) is 0 Å². The normalized spacial score (nSPS) is 12.2. The predicted octanol–water partition coefficient (Wildman–Crippen LogP) is 4.96. The van der Waals surface area contributed by atoms with Gasteiger partial charge in [0.1, 0.15) is 5.75 Å². The van der Waals surface area contributed by atoms with Gasteiger partial charge in [-0.15, -0.1) is 0 Å². The molecule has 0 spiro atoms. The van der Waals surface area contributed by atoms with Crippen LogP contribution in [-0.2, 0) is 6.54 Å². The van der Waals surface area contributed by atoms with Crippen molar-refractivity contribution in [2.24, 2.45) is 0 Å². The Hall–Kier alpha value is -1.03. The number of methoxy groups -OCH3 is 1. The van der Waals surface area contributed by atoms with Gasteiger partial charge in [0.15, 0.2) is 0 Å². The highest BCUT2D eigenvalue weighted by Crippen LogP contribution is 2.24. The Labute approximate surface area is 133 Å². The minimum Gasteiger partial charge on any atom is -0.496 e. The lowest BCUT2D eigenvalue weighted by Crippen LogP contribution is -2.18. The Bertz CT molecular complexity index is 588. The lowest BCUT2D eigenvalue weighted by molar-refractivity contribution is 0.406. The van der Waals surface area contributed by atoms with Gasteiger partial charge in [-0.3, -0.25) is 0 Å². The predicted molar refractivity (Wildman–Crippen MR) is 87.4 cm³/mol. The van der Waals surface area contributed by atoms with Crippen LogP contribution in [0.25, 0.3) is 0 Å². The summed E-state index contributed by atoms with van der Waals surface area (Å²) >= 11 is 9.51. The van der Waals surface area contributed by atoms with Gasteiger partial charge >= 0.3 is 0 Å². The van der Waals surface area contributed by atoms with Gasteiger partial charge in [0, 0.05) is 27.6 Å². The summed E-state index contributed by atoms with van der Waals surface area (Å²) in [6, 6.07) is 14.1. The second-order valence-corrected chi connectivity index (χ2v) is 5.97. The fourth-order valence-electron chi connectivity index (χ4n) is 2.04. The van der Waals surface area contributed by atoms with Crippen LogP contribution in [0.15, 0.2) is 46.9 Å². The van der Waals surface area contributed by atoms with Gasteiger partial charge in [-0.2, -0.15) is 0 Å². The van der Waals surface area contributed by atoms with Gasteiger partial charge in [0.2, 0.25) is 0 Å². The highest BCUT2D eigenvalue weighted by molar-refractivity contribution is 9.10. The number of ether oxygens (including phenoxy) is 1. The van der Waals surface area contributed by atoms with E-state index in [0.717, 1.165) is 27.4 Å². The summed E-state index contributed by atoms with van der Waals surface area (Å²) in [6.07, 6.45) is 0. The topological polar surface area (TPSA) is 21.3 Å². The Kier molecular flexibility index (Phi) is 5.46. The van der Waals surface area contributed by atoms with Crippen molar-refractivity contribution in [1.29, 1.82) is 0 Å². The molecule has 0 radical (unpaired) electrons. The Morgan fingerprint density at radius 1 is 1.25 bits per heavy atom. The Morgan fingerprint density at radius 2 is 2.05 bits per heavy atom. The van der Waals surface area contributed by atoms with Crippen molar-refractivity contribution in [2.45, 2.75) is 19.5 Å². The maximum atomic E-state index is 6.02. The third-order valence-corrected chi connectivity index (χ3v) is 3.92. The molecule has 106 valence electrons. The van der Waals surface area contributed by atoms with Crippen molar-refractivity contribution in [3.8, 4) is 5.75 Å². The summed E-state index contributed by atoms with van der Waals surface area (Å²) in [5, 5.41) is 4.25. The zero-order valence-corrected chi connectivity index (χ0v) is 13.8. The lowest BCUT2D eigenvalue weighted by Gasteiger charge is -2.16. The largest absolute Gasteiger partial charge is 0.496 e. The maximum Gasteiger partial charge on any atom is 0.123 e. The van der Waals surface area contributed by atoms with Gasteiger partial charge in [-0.25, -0.2) is 0 Å². The smallest absolute Gasteiger partial charge is 0.123 e. The van der Waals surface area contributed by atoms with E-state index in [2.05, 4.69) is 40.3 Å².